The van der Waals surface area contributed by atoms with Gasteiger partial charge in [0.05, 0.1) is 10.6 Å². The van der Waals surface area contributed by atoms with E-state index < -0.39 is 0 Å². The van der Waals surface area contributed by atoms with E-state index in [2.05, 4.69) is 22.7 Å². The third kappa shape index (κ3) is 3.44. The van der Waals surface area contributed by atoms with Crippen LogP contribution in [-0.4, -0.2) is 12.1 Å². The fourth-order valence-corrected chi connectivity index (χ4v) is 2.08. The molecule has 94 valence electrons. The van der Waals surface area contributed by atoms with E-state index in [9.17, 15) is 4.79 Å². The number of halogens is 1. The fraction of sp³-hybridized carbons (Fsp3) is 0.286. The number of hydrogen-bond acceptors (Lipinski definition) is 2. The van der Waals surface area contributed by atoms with Crippen molar-refractivity contribution < 1.29 is 4.79 Å². The number of benzene rings is 1. The third-order valence-electron chi connectivity index (χ3n) is 2.88. The summed E-state index contributed by atoms with van der Waals surface area (Å²) in [6.45, 7) is 0. The average Bonchev–Trinajstić information content (AvgIpc) is 2.40. The molecule has 0 aromatic heterocycles. The molecule has 0 bridgehead atoms. The Morgan fingerprint density at radius 1 is 1.39 bits per heavy atom. The number of nitrogens with zero attached hydrogens (tertiary/aromatic N) is 1. The molecular weight excluding hydrogens is 248 g/mol. The summed E-state index contributed by atoms with van der Waals surface area (Å²) in [5, 5.41) is 4.43. The molecule has 0 aliphatic heterocycles. The molecule has 0 saturated heterocycles. The predicted molar refractivity (Wildman–Crippen MR) is 73.9 cm³/mol. The van der Waals surface area contributed by atoms with Gasteiger partial charge in [0.15, 0.2) is 0 Å². The van der Waals surface area contributed by atoms with E-state index in [1.807, 2.05) is 0 Å². The molecule has 0 saturated carbocycles. The number of rotatable bonds is 3. The number of allylic oxidation sites excluding steroid dienone is 2. The highest BCUT2D eigenvalue weighted by Gasteiger charge is 2.09. The lowest BCUT2D eigenvalue weighted by Gasteiger charge is -2.11. The average molecular weight is 263 g/mol. The van der Waals surface area contributed by atoms with E-state index in [1.165, 1.54) is 0 Å². The van der Waals surface area contributed by atoms with Crippen molar-refractivity contribution in [2.45, 2.75) is 19.3 Å². The molecule has 0 heterocycles. The maximum Gasteiger partial charge on any atom is 0.272 e. The second-order valence-electron chi connectivity index (χ2n) is 4.24. The van der Waals surface area contributed by atoms with Crippen LogP contribution in [0.15, 0.2) is 41.5 Å². The van der Waals surface area contributed by atoms with Gasteiger partial charge >= 0.3 is 0 Å². The van der Waals surface area contributed by atoms with Crippen LogP contribution in [0.2, 0.25) is 5.02 Å². The number of carbonyl (C=O) groups is 1. The van der Waals surface area contributed by atoms with Crippen LogP contribution in [-0.2, 0) is 0 Å². The van der Waals surface area contributed by atoms with Gasteiger partial charge in [-0.15, -0.1) is 0 Å². The first-order valence-electron chi connectivity index (χ1n) is 6.00. The quantitative estimate of drug-likeness (QED) is 0.506. The van der Waals surface area contributed by atoms with Gasteiger partial charge in [-0.25, -0.2) is 5.43 Å². The van der Waals surface area contributed by atoms with Crippen LogP contribution in [0.25, 0.3) is 0 Å². The van der Waals surface area contributed by atoms with Crippen molar-refractivity contribution in [1.29, 1.82) is 0 Å². The zero-order valence-electron chi connectivity index (χ0n) is 9.97. The van der Waals surface area contributed by atoms with E-state index in [1.54, 1.807) is 30.5 Å². The molecule has 4 heteroatoms. The molecule has 0 fully saturated rings. The Labute approximate surface area is 112 Å². The molecule has 3 nitrogen and oxygen atoms in total. The Hall–Kier alpha value is -1.61. The second-order valence-corrected chi connectivity index (χ2v) is 4.65. The van der Waals surface area contributed by atoms with Crippen LogP contribution >= 0.6 is 11.6 Å². The van der Waals surface area contributed by atoms with Crippen molar-refractivity contribution >= 4 is 23.7 Å². The number of nitrogens with one attached hydrogen (secondary N) is 1. The van der Waals surface area contributed by atoms with E-state index in [0.29, 0.717) is 16.5 Å². The Kier molecular flexibility index (Phi) is 4.53. The highest BCUT2D eigenvalue weighted by Crippen LogP contribution is 2.16. The minimum absolute atomic E-state index is 0.275. The molecule has 18 heavy (non-hydrogen) atoms. The van der Waals surface area contributed by atoms with E-state index in [-0.39, 0.29) is 5.91 Å². The van der Waals surface area contributed by atoms with Gasteiger partial charge in [0.1, 0.15) is 0 Å². The van der Waals surface area contributed by atoms with Gasteiger partial charge in [0.2, 0.25) is 0 Å². The summed E-state index contributed by atoms with van der Waals surface area (Å²) >= 11 is 5.92. The van der Waals surface area contributed by atoms with Gasteiger partial charge < -0.3 is 0 Å². The molecule has 1 aliphatic rings. The standard InChI is InChI=1S/C14H15ClN2O/c15-13-9-5-4-8-12(13)14(18)17-16-10-11-6-2-1-3-7-11/h1-2,4-5,8-11H,3,6-7H2,(H,17,18)/b16-10-/t11-/m0/s1. The lowest BCUT2D eigenvalue weighted by Crippen LogP contribution is -2.19. The molecule has 0 spiro atoms. The lowest BCUT2D eigenvalue weighted by atomic mass is 9.96. The number of hydrogen-bond donors (Lipinski definition) is 1. The highest BCUT2D eigenvalue weighted by atomic mass is 35.5. The summed E-state index contributed by atoms with van der Waals surface area (Å²) in [6.07, 6.45) is 9.28. The van der Waals surface area contributed by atoms with Crippen LogP contribution in [0.4, 0.5) is 0 Å². The molecular formula is C14H15ClN2O. The summed E-state index contributed by atoms with van der Waals surface area (Å²) in [6, 6.07) is 6.93. The van der Waals surface area contributed by atoms with Gasteiger partial charge in [-0.05, 0) is 37.3 Å². The van der Waals surface area contributed by atoms with Crippen molar-refractivity contribution in [2.24, 2.45) is 11.0 Å². The smallest absolute Gasteiger partial charge is 0.267 e. The van der Waals surface area contributed by atoms with Crippen LogP contribution in [0.5, 0.6) is 0 Å². The zero-order valence-corrected chi connectivity index (χ0v) is 10.7. The van der Waals surface area contributed by atoms with E-state index >= 15 is 0 Å². The molecule has 0 radical (unpaired) electrons. The normalized spacial score (nSPS) is 19.1. The van der Waals surface area contributed by atoms with Gasteiger partial charge in [0.25, 0.3) is 5.91 Å². The second kappa shape index (κ2) is 6.36. The molecule has 1 aliphatic carbocycles. The molecule has 1 aromatic rings. The molecule has 1 aromatic carbocycles. The number of amides is 1. The van der Waals surface area contributed by atoms with Crippen molar-refractivity contribution in [3.8, 4) is 0 Å². The summed E-state index contributed by atoms with van der Waals surface area (Å²) in [4.78, 5) is 11.8. The van der Waals surface area contributed by atoms with Gasteiger partial charge in [-0.3, -0.25) is 4.79 Å². The highest BCUT2D eigenvalue weighted by molar-refractivity contribution is 6.33. The number of carbonyl (C=O) groups excluding carboxylic acids is 1. The van der Waals surface area contributed by atoms with Gasteiger partial charge in [-0.1, -0.05) is 35.9 Å². The summed E-state index contributed by atoms with van der Waals surface area (Å²) in [7, 11) is 0. The Morgan fingerprint density at radius 3 is 2.94 bits per heavy atom. The van der Waals surface area contributed by atoms with Gasteiger partial charge in [0, 0.05) is 6.21 Å². The summed E-state index contributed by atoms with van der Waals surface area (Å²) < 4.78 is 0. The Balaban J connectivity index is 1.90. The van der Waals surface area contributed by atoms with Crippen LogP contribution < -0.4 is 5.43 Å². The maximum absolute atomic E-state index is 11.8. The zero-order chi connectivity index (χ0) is 12.8. The topological polar surface area (TPSA) is 41.5 Å². The first kappa shape index (κ1) is 12.8. The Morgan fingerprint density at radius 2 is 2.22 bits per heavy atom. The lowest BCUT2D eigenvalue weighted by molar-refractivity contribution is 0.0955. The first-order valence-corrected chi connectivity index (χ1v) is 6.38. The molecule has 0 unspecified atom stereocenters. The summed E-state index contributed by atoms with van der Waals surface area (Å²) in [5.74, 6) is 0.143. The van der Waals surface area contributed by atoms with Crippen LogP contribution in [0, 0.1) is 5.92 Å². The summed E-state index contributed by atoms with van der Waals surface area (Å²) in [5.41, 5.74) is 2.95. The van der Waals surface area contributed by atoms with Gasteiger partial charge in [-0.2, -0.15) is 5.10 Å². The van der Waals surface area contributed by atoms with Crippen molar-refractivity contribution in [1.82, 2.24) is 5.43 Å². The van der Waals surface area contributed by atoms with E-state index in [4.69, 9.17) is 11.6 Å². The molecule has 2 rings (SSSR count). The molecule has 1 amide bonds. The van der Waals surface area contributed by atoms with Crippen molar-refractivity contribution in [2.75, 3.05) is 0 Å². The van der Waals surface area contributed by atoms with E-state index in [0.717, 1.165) is 19.3 Å². The van der Waals surface area contributed by atoms with Crippen LogP contribution in [0.1, 0.15) is 29.6 Å². The monoisotopic (exact) mass is 262 g/mol. The minimum Gasteiger partial charge on any atom is -0.267 e. The fourth-order valence-electron chi connectivity index (χ4n) is 1.86. The van der Waals surface area contributed by atoms with Crippen molar-refractivity contribution in [3.63, 3.8) is 0 Å². The molecule has 1 N–H and O–H groups in total. The van der Waals surface area contributed by atoms with Crippen LogP contribution in [0.3, 0.4) is 0 Å². The predicted octanol–water partition coefficient (Wildman–Crippen LogP) is 3.41. The van der Waals surface area contributed by atoms with Crippen molar-refractivity contribution in [3.05, 3.63) is 47.0 Å². The SMILES string of the molecule is O=C(N/N=C\[C@H]1CC=CCC1)c1ccccc1Cl. The molecule has 1 atom stereocenters. The first-order chi connectivity index (χ1) is 8.77. The Bertz CT molecular complexity index is 482. The largest absolute Gasteiger partial charge is 0.272 e. The number of hydrazone groups is 1. The minimum atomic E-state index is -0.275. The third-order valence-corrected chi connectivity index (χ3v) is 3.21. The maximum atomic E-state index is 11.8.